The van der Waals surface area contributed by atoms with Gasteiger partial charge in [-0.25, -0.2) is 4.98 Å². The largest absolute Gasteiger partial charge is 0.367 e. The van der Waals surface area contributed by atoms with E-state index in [1.807, 2.05) is 30.5 Å². The first-order chi connectivity index (χ1) is 12.7. The van der Waals surface area contributed by atoms with Crippen LogP contribution in [0.1, 0.15) is 16.2 Å². The number of benzene rings is 1. The molecule has 1 N–H and O–H groups in total. The summed E-state index contributed by atoms with van der Waals surface area (Å²) in [5.74, 6) is 0.723. The smallest absolute Gasteiger partial charge is 0.252 e. The zero-order valence-corrected chi connectivity index (χ0v) is 14.7. The molecule has 0 fully saturated rings. The predicted octanol–water partition coefficient (Wildman–Crippen LogP) is 2.93. The Bertz CT molecular complexity index is 909. The van der Waals surface area contributed by atoms with Gasteiger partial charge in [-0.15, -0.1) is 0 Å². The number of nitrogens with one attached hydrogen (secondary N) is 1. The Morgan fingerprint density at radius 2 is 2.12 bits per heavy atom. The van der Waals surface area contributed by atoms with E-state index in [9.17, 15) is 4.79 Å². The molecule has 0 spiro atoms. The maximum atomic E-state index is 12.2. The van der Waals surface area contributed by atoms with Gasteiger partial charge in [0.05, 0.1) is 30.1 Å². The minimum absolute atomic E-state index is 0.122. The van der Waals surface area contributed by atoms with E-state index in [1.54, 1.807) is 24.5 Å². The number of ether oxygens (including phenoxy) is 1. The van der Waals surface area contributed by atoms with Crippen molar-refractivity contribution in [1.29, 1.82) is 0 Å². The van der Waals surface area contributed by atoms with E-state index < -0.39 is 0 Å². The second-order valence-electron chi connectivity index (χ2n) is 6.06. The molecule has 6 nitrogen and oxygen atoms in total. The Morgan fingerprint density at radius 3 is 2.88 bits per heavy atom. The minimum Gasteiger partial charge on any atom is -0.367 e. The molecule has 26 heavy (non-hydrogen) atoms. The lowest BCUT2D eigenvalue weighted by molar-refractivity contribution is 0.00374. The number of nitrogens with zero attached hydrogens (tertiary/aromatic N) is 3. The highest BCUT2D eigenvalue weighted by Crippen LogP contribution is 2.26. The Balaban J connectivity index is 1.45. The first-order valence-electron chi connectivity index (χ1n) is 8.31. The summed E-state index contributed by atoms with van der Waals surface area (Å²) in [6.45, 7) is 1.47. The Labute approximate surface area is 155 Å². The topological polar surface area (TPSA) is 69.0 Å². The van der Waals surface area contributed by atoms with Crippen molar-refractivity contribution >= 4 is 17.5 Å². The lowest BCUT2D eigenvalue weighted by Gasteiger charge is -2.26. The molecule has 0 saturated carbocycles. The molecule has 1 amide bonds. The van der Waals surface area contributed by atoms with Crippen molar-refractivity contribution in [3.63, 3.8) is 0 Å². The number of fused-ring (bicyclic) bond motifs is 1. The van der Waals surface area contributed by atoms with E-state index in [1.165, 1.54) is 0 Å². The monoisotopic (exact) mass is 368 g/mol. The molecule has 1 unspecified atom stereocenters. The van der Waals surface area contributed by atoms with E-state index in [0.717, 1.165) is 17.1 Å². The summed E-state index contributed by atoms with van der Waals surface area (Å²) in [6, 6.07) is 11.1. The van der Waals surface area contributed by atoms with Crippen LogP contribution in [0.5, 0.6) is 0 Å². The summed E-state index contributed by atoms with van der Waals surface area (Å²) in [5.41, 5.74) is 2.60. The van der Waals surface area contributed by atoms with E-state index in [0.29, 0.717) is 30.3 Å². The Morgan fingerprint density at radius 1 is 1.27 bits per heavy atom. The summed E-state index contributed by atoms with van der Waals surface area (Å²) in [4.78, 5) is 20.6. The highest BCUT2D eigenvalue weighted by molar-refractivity contribution is 6.30. The van der Waals surface area contributed by atoms with Crippen molar-refractivity contribution in [1.82, 2.24) is 19.9 Å². The van der Waals surface area contributed by atoms with Gasteiger partial charge in [0.15, 0.2) is 0 Å². The molecule has 0 radical (unpaired) electrons. The summed E-state index contributed by atoms with van der Waals surface area (Å²) in [5, 5.41) is 3.60. The summed E-state index contributed by atoms with van der Waals surface area (Å²) >= 11 is 5.97. The van der Waals surface area contributed by atoms with E-state index >= 15 is 0 Å². The second kappa shape index (κ2) is 7.27. The number of carbonyl (C=O) groups is 1. The van der Waals surface area contributed by atoms with Crippen LogP contribution in [-0.2, 0) is 17.9 Å². The van der Waals surface area contributed by atoms with Crippen LogP contribution in [0.3, 0.4) is 0 Å². The number of rotatable bonds is 4. The molecule has 7 heteroatoms. The maximum absolute atomic E-state index is 12.2. The van der Waals surface area contributed by atoms with Crippen molar-refractivity contribution in [3.8, 4) is 11.3 Å². The van der Waals surface area contributed by atoms with Gasteiger partial charge in [0.2, 0.25) is 0 Å². The van der Waals surface area contributed by atoms with Gasteiger partial charge in [0, 0.05) is 24.0 Å². The molecule has 1 atom stereocenters. The second-order valence-corrected chi connectivity index (χ2v) is 6.50. The fourth-order valence-corrected chi connectivity index (χ4v) is 3.09. The Hall–Kier alpha value is -2.70. The number of amides is 1. The molecule has 3 aromatic rings. The Kier molecular flexibility index (Phi) is 4.69. The van der Waals surface area contributed by atoms with E-state index in [4.69, 9.17) is 16.3 Å². The van der Waals surface area contributed by atoms with Crippen LogP contribution in [0.25, 0.3) is 11.3 Å². The van der Waals surface area contributed by atoms with Crippen LogP contribution in [0.15, 0.2) is 55.0 Å². The first kappa shape index (κ1) is 16.8. The van der Waals surface area contributed by atoms with Crippen LogP contribution in [-0.4, -0.2) is 33.1 Å². The zero-order valence-electron chi connectivity index (χ0n) is 13.9. The van der Waals surface area contributed by atoms with Gasteiger partial charge in [0.1, 0.15) is 12.4 Å². The minimum atomic E-state index is -0.156. The SMILES string of the molecule is O=C(NCC1Cn2c(-c3ccc(Cl)cc3)cnc2CO1)c1cccnc1. The van der Waals surface area contributed by atoms with Crippen molar-refractivity contribution < 1.29 is 9.53 Å². The average Bonchev–Trinajstić information content (AvgIpc) is 3.10. The number of pyridine rings is 1. The number of hydrogen-bond acceptors (Lipinski definition) is 4. The van der Waals surface area contributed by atoms with Crippen LogP contribution >= 0.6 is 11.6 Å². The fraction of sp³-hybridized carbons (Fsp3) is 0.211. The van der Waals surface area contributed by atoms with Gasteiger partial charge in [0.25, 0.3) is 5.91 Å². The van der Waals surface area contributed by atoms with Crippen molar-refractivity contribution in [2.75, 3.05) is 6.54 Å². The van der Waals surface area contributed by atoms with Crippen LogP contribution in [0, 0.1) is 0 Å². The highest BCUT2D eigenvalue weighted by Gasteiger charge is 2.23. The van der Waals surface area contributed by atoms with Gasteiger partial charge in [-0.2, -0.15) is 0 Å². The van der Waals surface area contributed by atoms with Gasteiger partial charge < -0.3 is 14.6 Å². The van der Waals surface area contributed by atoms with Gasteiger partial charge >= 0.3 is 0 Å². The molecule has 1 aliphatic heterocycles. The van der Waals surface area contributed by atoms with E-state index in [2.05, 4.69) is 19.9 Å². The summed E-state index contributed by atoms with van der Waals surface area (Å²) < 4.78 is 7.96. The molecular weight excluding hydrogens is 352 g/mol. The third kappa shape index (κ3) is 3.47. The van der Waals surface area contributed by atoms with Crippen molar-refractivity contribution in [3.05, 3.63) is 71.4 Å². The van der Waals surface area contributed by atoms with Crippen LogP contribution in [0.2, 0.25) is 5.02 Å². The predicted molar refractivity (Wildman–Crippen MR) is 97.8 cm³/mol. The van der Waals surface area contributed by atoms with Crippen LogP contribution < -0.4 is 5.32 Å². The molecular formula is C19H17ClN4O2. The third-order valence-corrected chi connectivity index (χ3v) is 4.58. The molecule has 132 valence electrons. The fourth-order valence-electron chi connectivity index (χ4n) is 2.96. The third-order valence-electron chi connectivity index (χ3n) is 4.33. The standard InChI is InChI=1S/C19H17ClN4O2/c20-15-5-3-13(4-6-15)17-10-22-18-12-26-16(11-24(17)18)9-23-19(25)14-2-1-7-21-8-14/h1-8,10,16H,9,11-12H2,(H,23,25). The quantitative estimate of drug-likeness (QED) is 0.768. The van der Waals surface area contributed by atoms with Gasteiger partial charge in [-0.3, -0.25) is 9.78 Å². The summed E-state index contributed by atoms with van der Waals surface area (Å²) in [7, 11) is 0. The number of carbonyl (C=O) groups excluding carboxylic acids is 1. The molecule has 4 rings (SSSR count). The maximum Gasteiger partial charge on any atom is 0.252 e. The number of imidazole rings is 1. The molecule has 3 heterocycles. The van der Waals surface area contributed by atoms with Crippen molar-refractivity contribution in [2.45, 2.75) is 19.3 Å². The molecule has 1 aliphatic rings. The lowest BCUT2D eigenvalue weighted by atomic mass is 10.1. The van der Waals surface area contributed by atoms with Crippen molar-refractivity contribution in [2.24, 2.45) is 0 Å². The van der Waals surface area contributed by atoms with Gasteiger partial charge in [-0.05, 0) is 29.8 Å². The zero-order chi connectivity index (χ0) is 17.9. The normalized spacial score (nSPS) is 16.1. The number of hydrogen-bond donors (Lipinski definition) is 1. The summed E-state index contributed by atoms with van der Waals surface area (Å²) in [6.07, 6.45) is 4.91. The lowest BCUT2D eigenvalue weighted by Crippen LogP contribution is -2.39. The molecule has 2 aromatic heterocycles. The van der Waals surface area contributed by atoms with Crippen LogP contribution in [0.4, 0.5) is 0 Å². The number of halogens is 1. The first-order valence-corrected chi connectivity index (χ1v) is 8.68. The molecule has 1 aromatic carbocycles. The molecule has 0 bridgehead atoms. The van der Waals surface area contributed by atoms with E-state index in [-0.39, 0.29) is 12.0 Å². The molecule has 0 saturated heterocycles. The molecule has 0 aliphatic carbocycles. The van der Waals surface area contributed by atoms with Gasteiger partial charge in [-0.1, -0.05) is 23.7 Å². The average molecular weight is 369 g/mol. The number of aromatic nitrogens is 3. The highest BCUT2D eigenvalue weighted by atomic mass is 35.5.